The first-order chi connectivity index (χ1) is 8.63. The SMILES string of the molecule is ClCCCOc1ccc(OCC=C(Cl)Cl)cc1Cl. The van der Waals surface area contributed by atoms with Gasteiger partial charge in [0.15, 0.2) is 0 Å². The number of alkyl halides is 1. The molecule has 1 rings (SSSR count). The second kappa shape index (κ2) is 8.76. The van der Waals surface area contributed by atoms with Gasteiger partial charge in [-0.1, -0.05) is 34.8 Å². The van der Waals surface area contributed by atoms with E-state index < -0.39 is 0 Å². The first-order valence-corrected chi connectivity index (χ1v) is 6.92. The molecule has 0 aliphatic rings. The molecule has 0 aromatic heterocycles. The fraction of sp³-hybridized carbons (Fsp3) is 0.333. The molecule has 0 bridgehead atoms. The summed E-state index contributed by atoms with van der Waals surface area (Å²) >= 11 is 22.5. The third kappa shape index (κ3) is 6.05. The fourth-order valence-electron chi connectivity index (χ4n) is 1.13. The Morgan fingerprint density at radius 2 is 2.00 bits per heavy atom. The third-order valence-electron chi connectivity index (χ3n) is 1.93. The molecule has 0 fully saturated rings. The van der Waals surface area contributed by atoms with E-state index in [1.54, 1.807) is 24.3 Å². The van der Waals surface area contributed by atoms with E-state index in [1.165, 1.54) is 0 Å². The van der Waals surface area contributed by atoms with Crippen LogP contribution in [-0.4, -0.2) is 19.1 Å². The maximum absolute atomic E-state index is 6.04. The Labute approximate surface area is 126 Å². The summed E-state index contributed by atoms with van der Waals surface area (Å²) in [4.78, 5) is 0. The summed E-state index contributed by atoms with van der Waals surface area (Å²) in [5.41, 5.74) is 0. The molecule has 1 aromatic carbocycles. The highest BCUT2D eigenvalue weighted by atomic mass is 35.5. The molecular formula is C12H12Cl4O2. The van der Waals surface area contributed by atoms with Gasteiger partial charge in [0.25, 0.3) is 0 Å². The van der Waals surface area contributed by atoms with Gasteiger partial charge in [0.05, 0.1) is 11.6 Å². The van der Waals surface area contributed by atoms with Crippen LogP contribution in [0.3, 0.4) is 0 Å². The number of benzene rings is 1. The number of hydrogen-bond acceptors (Lipinski definition) is 2. The van der Waals surface area contributed by atoms with Crippen LogP contribution in [0.5, 0.6) is 11.5 Å². The van der Waals surface area contributed by atoms with Gasteiger partial charge in [-0.3, -0.25) is 0 Å². The van der Waals surface area contributed by atoms with Crippen LogP contribution in [0.4, 0.5) is 0 Å². The average Bonchev–Trinajstić information content (AvgIpc) is 2.31. The van der Waals surface area contributed by atoms with Crippen molar-refractivity contribution in [3.63, 3.8) is 0 Å². The van der Waals surface area contributed by atoms with Crippen molar-refractivity contribution in [2.45, 2.75) is 6.42 Å². The quantitative estimate of drug-likeness (QED) is 0.515. The van der Waals surface area contributed by atoms with Gasteiger partial charge in [-0.2, -0.15) is 0 Å². The molecule has 0 N–H and O–H groups in total. The minimum absolute atomic E-state index is 0.169. The van der Waals surface area contributed by atoms with Gasteiger partial charge in [-0.15, -0.1) is 11.6 Å². The maximum atomic E-state index is 6.04. The molecule has 0 radical (unpaired) electrons. The van der Waals surface area contributed by atoms with Crippen LogP contribution in [0.15, 0.2) is 28.8 Å². The van der Waals surface area contributed by atoms with E-state index in [9.17, 15) is 0 Å². The monoisotopic (exact) mass is 328 g/mol. The molecule has 0 saturated carbocycles. The zero-order valence-corrected chi connectivity index (χ0v) is 12.5. The summed E-state index contributed by atoms with van der Waals surface area (Å²) in [7, 11) is 0. The Balaban J connectivity index is 2.53. The Bertz CT molecular complexity index is 403. The normalized spacial score (nSPS) is 10.0. The molecule has 0 aliphatic carbocycles. The Morgan fingerprint density at radius 3 is 2.61 bits per heavy atom. The summed E-state index contributed by atoms with van der Waals surface area (Å²) in [6.45, 7) is 0.819. The third-order valence-corrected chi connectivity index (χ3v) is 2.80. The van der Waals surface area contributed by atoms with E-state index in [4.69, 9.17) is 55.9 Å². The molecule has 0 heterocycles. The number of ether oxygens (including phenoxy) is 2. The molecule has 0 atom stereocenters. The van der Waals surface area contributed by atoms with Crippen LogP contribution >= 0.6 is 46.4 Å². The second-order valence-corrected chi connectivity index (χ2v) is 5.08. The lowest BCUT2D eigenvalue weighted by molar-refractivity contribution is 0.316. The molecule has 0 saturated heterocycles. The highest BCUT2D eigenvalue weighted by Crippen LogP contribution is 2.29. The zero-order chi connectivity index (χ0) is 13.4. The maximum Gasteiger partial charge on any atom is 0.138 e. The van der Waals surface area contributed by atoms with Crippen molar-refractivity contribution in [1.29, 1.82) is 0 Å². The summed E-state index contributed by atoms with van der Waals surface area (Å²) in [6, 6.07) is 5.18. The summed E-state index contributed by atoms with van der Waals surface area (Å²) < 4.78 is 11.0. The lowest BCUT2D eigenvalue weighted by Gasteiger charge is -2.09. The van der Waals surface area contributed by atoms with Crippen LogP contribution in [0.1, 0.15) is 6.42 Å². The first kappa shape index (κ1) is 15.8. The fourth-order valence-corrected chi connectivity index (χ4v) is 1.59. The molecule has 1 aromatic rings. The van der Waals surface area contributed by atoms with Crippen LogP contribution < -0.4 is 9.47 Å². The van der Waals surface area contributed by atoms with Gasteiger partial charge >= 0.3 is 0 Å². The predicted molar refractivity (Wildman–Crippen MR) is 77.6 cm³/mol. The summed E-state index contributed by atoms with van der Waals surface area (Å²) in [6.07, 6.45) is 2.32. The van der Waals surface area contributed by atoms with Crippen LogP contribution in [0.25, 0.3) is 0 Å². The van der Waals surface area contributed by atoms with E-state index in [0.717, 1.165) is 6.42 Å². The van der Waals surface area contributed by atoms with Crippen molar-refractivity contribution in [3.8, 4) is 11.5 Å². The van der Waals surface area contributed by atoms with Crippen LogP contribution in [0.2, 0.25) is 5.02 Å². The van der Waals surface area contributed by atoms with Crippen LogP contribution in [-0.2, 0) is 0 Å². The van der Waals surface area contributed by atoms with E-state index in [0.29, 0.717) is 29.0 Å². The second-order valence-electron chi connectivity index (χ2n) is 3.29. The van der Waals surface area contributed by atoms with E-state index in [2.05, 4.69) is 0 Å². The number of halogens is 4. The molecule has 0 amide bonds. The number of rotatable bonds is 7. The Hall–Kier alpha value is -0.280. The summed E-state index contributed by atoms with van der Waals surface area (Å²) in [5, 5.41) is 0.489. The van der Waals surface area contributed by atoms with Gasteiger partial charge < -0.3 is 9.47 Å². The van der Waals surface area contributed by atoms with Crippen molar-refractivity contribution >= 4 is 46.4 Å². The number of hydrogen-bond donors (Lipinski definition) is 0. The molecule has 0 unspecified atom stereocenters. The standard InChI is InChI=1S/C12H12Cl4O2/c13-5-1-6-18-11-3-2-9(8-10(11)14)17-7-4-12(15)16/h2-4,8H,1,5-7H2. The first-order valence-electron chi connectivity index (χ1n) is 5.25. The van der Waals surface area contributed by atoms with Crippen molar-refractivity contribution in [3.05, 3.63) is 33.8 Å². The van der Waals surface area contributed by atoms with Crippen molar-refractivity contribution in [2.75, 3.05) is 19.1 Å². The lowest BCUT2D eigenvalue weighted by atomic mass is 10.3. The molecule has 6 heteroatoms. The van der Waals surface area contributed by atoms with Gasteiger partial charge in [0, 0.05) is 11.9 Å². The van der Waals surface area contributed by atoms with Crippen molar-refractivity contribution in [2.24, 2.45) is 0 Å². The summed E-state index contributed by atoms with van der Waals surface area (Å²) in [5.74, 6) is 1.79. The minimum Gasteiger partial charge on any atom is -0.492 e. The van der Waals surface area contributed by atoms with E-state index in [-0.39, 0.29) is 11.1 Å². The van der Waals surface area contributed by atoms with Gasteiger partial charge in [0.2, 0.25) is 0 Å². The highest BCUT2D eigenvalue weighted by molar-refractivity contribution is 6.55. The molecule has 100 valence electrons. The van der Waals surface area contributed by atoms with Crippen molar-refractivity contribution in [1.82, 2.24) is 0 Å². The molecule has 18 heavy (non-hydrogen) atoms. The zero-order valence-electron chi connectivity index (χ0n) is 9.47. The Kier molecular flexibility index (Phi) is 7.68. The minimum atomic E-state index is 0.169. The largest absolute Gasteiger partial charge is 0.492 e. The van der Waals surface area contributed by atoms with Gasteiger partial charge in [-0.05, 0) is 24.6 Å². The molecule has 2 nitrogen and oxygen atoms in total. The molecular weight excluding hydrogens is 318 g/mol. The van der Waals surface area contributed by atoms with E-state index >= 15 is 0 Å². The highest BCUT2D eigenvalue weighted by Gasteiger charge is 2.03. The lowest BCUT2D eigenvalue weighted by Crippen LogP contribution is -1.99. The van der Waals surface area contributed by atoms with Gasteiger partial charge in [0.1, 0.15) is 22.6 Å². The average molecular weight is 330 g/mol. The molecule has 0 aliphatic heterocycles. The topological polar surface area (TPSA) is 18.5 Å². The predicted octanol–water partition coefficient (Wildman–Crippen LogP) is 5.05. The Morgan fingerprint density at radius 1 is 1.22 bits per heavy atom. The molecule has 0 spiro atoms. The smallest absolute Gasteiger partial charge is 0.138 e. The van der Waals surface area contributed by atoms with Crippen LogP contribution in [0, 0.1) is 0 Å². The van der Waals surface area contributed by atoms with Crippen molar-refractivity contribution < 1.29 is 9.47 Å². The van der Waals surface area contributed by atoms with E-state index in [1.807, 2.05) is 0 Å². The van der Waals surface area contributed by atoms with Gasteiger partial charge in [-0.25, -0.2) is 0 Å².